The minimum Gasteiger partial charge on any atom is -0.409 e. The van der Waals surface area contributed by atoms with Gasteiger partial charge in [-0.3, -0.25) is 4.79 Å². The Kier molecular flexibility index (Phi) is 4.56. The first-order valence-electron chi connectivity index (χ1n) is 5.86. The SMILES string of the molecule is NC(=NO)C1CN(C(=O)c2ccc(F)cc2Br)CCO1. The Bertz CT molecular complexity index is 553. The van der Waals surface area contributed by atoms with Gasteiger partial charge in [0.2, 0.25) is 0 Å². The monoisotopic (exact) mass is 345 g/mol. The molecular formula is C12H13BrFN3O3. The van der Waals surface area contributed by atoms with Crippen LogP contribution >= 0.6 is 15.9 Å². The van der Waals surface area contributed by atoms with E-state index >= 15 is 0 Å². The molecule has 1 heterocycles. The molecule has 108 valence electrons. The van der Waals surface area contributed by atoms with Crippen molar-refractivity contribution in [3.8, 4) is 0 Å². The first-order chi connectivity index (χ1) is 9.52. The van der Waals surface area contributed by atoms with Gasteiger partial charge in [-0.2, -0.15) is 0 Å². The van der Waals surface area contributed by atoms with Gasteiger partial charge in [0, 0.05) is 11.0 Å². The smallest absolute Gasteiger partial charge is 0.255 e. The summed E-state index contributed by atoms with van der Waals surface area (Å²) in [7, 11) is 0. The van der Waals surface area contributed by atoms with Crippen molar-refractivity contribution >= 4 is 27.7 Å². The number of morpholine rings is 1. The molecule has 1 saturated heterocycles. The number of hydrogen-bond acceptors (Lipinski definition) is 4. The van der Waals surface area contributed by atoms with Crippen molar-refractivity contribution < 1.29 is 19.1 Å². The second-order valence-corrected chi connectivity index (χ2v) is 5.11. The molecule has 1 aliphatic heterocycles. The number of nitrogens with two attached hydrogens (primary N) is 1. The van der Waals surface area contributed by atoms with Crippen molar-refractivity contribution in [3.63, 3.8) is 0 Å². The van der Waals surface area contributed by atoms with Crippen LogP contribution in [0, 0.1) is 5.82 Å². The predicted molar refractivity (Wildman–Crippen MR) is 73.2 cm³/mol. The van der Waals surface area contributed by atoms with E-state index in [2.05, 4.69) is 21.1 Å². The number of nitrogens with zero attached hydrogens (tertiary/aromatic N) is 2. The van der Waals surface area contributed by atoms with E-state index in [-0.39, 0.29) is 24.9 Å². The lowest BCUT2D eigenvalue weighted by molar-refractivity contribution is 0.00671. The van der Waals surface area contributed by atoms with Crippen LogP contribution in [-0.4, -0.2) is 47.7 Å². The molecule has 1 aromatic carbocycles. The molecule has 0 aromatic heterocycles. The fourth-order valence-corrected chi connectivity index (χ4v) is 2.43. The third-order valence-electron chi connectivity index (χ3n) is 2.96. The van der Waals surface area contributed by atoms with E-state index in [1.807, 2.05) is 0 Å². The number of halogens is 2. The molecule has 1 aliphatic rings. The molecule has 20 heavy (non-hydrogen) atoms. The minimum atomic E-state index is -0.642. The number of carbonyl (C=O) groups excluding carboxylic acids is 1. The summed E-state index contributed by atoms with van der Waals surface area (Å²) in [5.74, 6) is -0.776. The fraction of sp³-hybridized carbons (Fsp3) is 0.333. The van der Waals surface area contributed by atoms with Gasteiger partial charge in [-0.25, -0.2) is 4.39 Å². The Balaban J connectivity index is 2.16. The van der Waals surface area contributed by atoms with Gasteiger partial charge in [-0.1, -0.05) is 5.16 Å². The first kappa shape index (κ1) is 14.7. The third kappa shape index (κ3) is 3.07. The standard InChI is InChI=1S/C12H13BrFN3O3/c13-9-5-7(14)1-2-8(9)12(18)17-3-4-20-10(6-17)11(15)16-19/h1-2,5,10,19H,3-4,6H2,(H2,15,16). The Hall–Kier alpha value is -1.67. The highest BCUT2D eigenvalue weighted by Crippen LogP contribution is 2.21. The van der Waals surface area contributed by atoms with Gasteiger partial charge in [0.1, 0.15) is 11.9 Å². The Morgan fingerprint density at radius 3 is 3.00 bits per heavy atom. The van der Waals surface area contributed by atoms with Crippen molar-refractivity contribution in [1.82, 2.24) is 4.90 Å². The molecule has 2 rings (SSSR count). The molecular weight excluding hydrogens is 333 g/mol. The predicted octanol–water partition coefficient (Wildman–Crippen LogP) is 1.18. The second kappa shape index (κ2) is 6.19. The summed E-state index contributed by atoms with van der Waals surface area (Å²) in [6.07, 6.45) is -0.642. The van der Waals surface area contributed by atoms with E-state index in [1.54, 1.807) is 0 Å². The van der Waals surface area contributed by atoms with Gasteiger partial charge in [0.15, 0.2) is 5.84 Å². The van der Waals surface area contributed by atoms with Crippen LogP contribution in [0.5, 0.6) is 0 Å². The summed E-state index contributed by atoms with van der Waals surface area (Å²) < 4.78 is 18.7. The van der Waals surface area contributed by atoms with Crippen molar-refractivity contribution in [2.45, 2.75) is 6.10 Å². The van der Waals surface area contributed by atoms with E-state index in [0.717, 1.165) is 0 Å². The maximum absolute atomic E-state index is 13.0. The average Bonchev–Trinajstić information content (AvgIpc) is 2.46. The van der Waals surface area contributed by atoms with Crippen LogP contribution in [-0.2, 0) is 4.74 Å². The summed E-state index contributed by atoms with van der Waals surface area (Å²) in [6.45, 7) is 0.849. The van der Waals surface area contributed by atoms with Crippen molar-refractivity contribution in [3.05, 3.63) is 34.1 Å². The van der Waals surface area contributed by atoms with Crippen LogP contribution in [0.4, 0.5) is 4.39 Å². The van der Waals surface area contributed by atoms with Gasteiger partial charge in [-0.15, -0.1) is 0 Å². The lowest BCUT2D eigenvalue weighted by Crippen LogP contribution is -2.50. The highest BCUT2D eigenvalue weighted by atomic mass is 79.9. The zero-order valence-corrected chi connectivity index (χ0v) is 12.0. The van der Waals surface area contributed by atoms with Gasteiger partial charge in [0.05, 0.1) is 18.7 Å². The first-order valence-corrected chi connectivity index (χ1v) is 6.65. The molecule has 0 spiro atoms. The average molecular weight is 346 g/mol. The van der Waals surface area contributed by atoms with Gasteiger partial charge >= 0.3 is 0 Å². The van der Waals surface area contributed by atoms with Crippen LogP contribution in [0.15, 0.2) is 27.8 Å². The number of benzene rings is 1. The molecule has 1 atom stereocenters. The number of ether oxygens (including phenoxy) is 1. The van der Waals surface area contributed by atoms with Crippen LogP contribution in [0.2, 0.25) is 0 Å². The summed E-state index contributed by atoms with van der Waals surface area (Å²) in [6, 6.07) is 3.86. The lowest BCUT2D eigenvalue weighted by Gasteiger charge is -2.32. The molecule has 8 heteroatoms. The van der Waals surface area contributed by atoms with E-state index in [0.29, 0.717) is 16.6 Å². The lowest BCUT2D eigenvalue weighted by atomic mass is 10.1. The number of oxime groups is 1. The molecule has 1 fully saturated rings. The van der Waals surface area contributed by atoms with Gasteiger partial charge < -0.3 is 20.6 Å². The normalized spacial score (nSPS) is 20.0. The van der Waals surface area contributed by atoms with Crippen LogP contribution in [0.25, 0.3) is 0 Å². The molecule has 0 saturated carbocycles. The van der Waals surface area contributed by atoms with E-state index < -0.39 is 11.9 Å². The van der Waals surface area contributed by atoms with Crippen LogP contribution in [0.3, 0.4) is 0 Å². The Morgan fingerprint density at radius 1 is 1.60 bits per heavy atom. The molecule has 1 unspecified atom stereocenters. The van der Waals surface area contributed by atoms with E-state index in [4.69, 9.17) is 15.7 Å². The number of carbonyl (C=O) groups is 1. The Labute approximate surface area is 123 Å². The van der Waals surface area contributed by atoms with Gasteiger partial charge in [-0.05, 0) is 34.1 Å². The topological polar surface area (TPSA) is 88.2 Å². The quantitative estimate of drug-likeness (QED) is 0.364. The molecule has 1 amide bonds. The molecule has 6 nitrogen and oxygen atoms in total. The summed E-state index contributed by atoms with van der Waals surface area (Å²) in [4.78, 5) is 13.9. The largest absolute Gasteiger partial charge is 0.409 e. The fourth-order valence-electron chi connectivity index (χ4n) is 1.91. The summed E-state index contributed by atoms with van der Waals surface area (Å²) in [5.41, 5.74) is 5.83. The maximum Gasteiger partial charge on any atom is 0.255 e. The van der Waals surface area contributed by atoms with E-state index in [9.17, 15) is 9.18 Å². The second-order valence-electron chi connectivity index (χ2n) is 4.26. The van der Waals surface area contributed by atoms with Crippen molar-refractivity contribution in [1.29, 1.82) is 0 Å². The molecule has 0 bridgehead atoms. The number of hydrogen-bond donors (Lipinski definition) is 2. The van der Waals surface area contributed by atoms with Crippen molar-refractivity contribution in [2.75, 3.05) is 19.7 Å². The Morgan fingerprint density at radius 2 is 2.35 bits per heavy atom. The molecule has 1 aromatic rings. The third-order valence-corrected chi connectivity index (χ3v) is 3.62. The van der Waals surface area contributed by atoms with E-state index in [1.165, 1.54) is 23.1 Å². The number of amidine groups is 1. The highest BCUT2D eigenvalue weighted by Gasteiger charge is 2.28. The molecule has 0 aliphatic carbocycles. The zero-order chi connectivity index (χ0) is 14.7. The minimum absolute atomic E-state index is 0.0827. The van der Waals surface area contributed by atoms with Gasteiger partial charge in [0.25, 0.3) is 5.91 Å². The zero-order valence-electron chi connectivity index (χ0n) is 10.4. The van der Waals surface area contributed by atoms with Crippen molar-refractivity contribution in [2.24, 2.45) is 10.9 Å². The highest BCUT2D eigenvalue weighted by molar-refractivity contribution is 9.10. The number of rotatable bonds is 2. The summed E-state index contributed by atoms with van der Waals surface area (Å²) in [5, 5.41) is 11.5. The summed E-state index contributed by atoms with van der Waals surface area (Å²) >= 11 is 3.16. The number of amides is 1. The maximum atomic E-state index is 13.0. The van der Waals surface area contributed by atoms with Crippen LogP contribution in [0.1, 0.15) is 10.4 Å². The molecule has 0 radical (unpaired) electrons. The van der Waals surface area contributed by atoms with Crippen LogP contribution < -0.4 is 5.73 Å². The molecule has 3 N–H and O–H groups in total.